The Morgan fingerprint density at radius 1 is 1.10 bits per heavy atom. The summed E-state index contributed by atoms with van der Waals surface area (Å²) < 4.78 is 26.9. The molecule has 1 atom stereocenters. The number of guanidine groups is 1. The minimum absolute atomic E-state index is 0. The molecule has 3 aliphatic rings. The highest BCUT2D eigenvalue weighted by atomic mass is 127. The number of likely N-dealkylation sites (tertiary alicyclic amines) is 1. The van der Waals surface area contributed by atoms with Crippen molar-refractivity contribution in [1.82, 2.24) is 20.3 Å². The quantitative estimate of drug-likeness (QED) is 0.244. The summed E-state index contributed by atoms with van der Waals surface area (Å²) in [5.74, 6) is 1.64. The van der Waals surface area contributed by atoms with E-state index in [1.54, 1.807) is 7.05 Å². The first-order valence-electron chi connectivity index (χ1n) is 10.7. The average Bonchev–Trinajstić information content (AvgIpc) is 3.30. The van der Waals surface area contributed by atoms with Gasteiger partial charge in [-0.3, -0.25) is 9.79 Å². The minimum atomic E-state index is -3.26. The molecule has 1 saturated heterocycles. The van der Waals surface area contributed by atoms with E-state index in [2.05, 4.69) is 20.3 Å². The first kappa shape index (κ1) is 24.6. The van der Waals surface area contributed by atoms with Gasteiger partial charge in [0.05, 0.1) is 5.75 Å². The maximum atomic E-state index is 12.5. The fraction of sp³-hybridized carbons (Fsp3) is 0.895. The first-order chi connectivity index (χ1) is 13.5. The smallest absolute Gasteiger partial charge is 0.225 e. The van der Waals surface area contributed by atoms with E-state index in [-0.39, 0.29) is 41.7 Å². The zero-order valence-electron chi connectivity index (χ0n) is 17.4. The summed E-state index contributed by atoms with van der Waals surface area (Å²) in [7, 11) is -1.59. The van der Waals surface area contributed by atoms with Gasteiger partial charge in [0.1, 0.15) is 0 Å². The normalized spacial score (nSPS) is 23.6. The van der Waals surface area contributed by atoms with E-state index in [0.29, 0.717) is 37.4 Å². The molecule has 10 heteroatoms. The van der Waals surface area contributed by atoms with Crippen LogP contribution in [0, 0.1) is 11.8 Å². The molecule has 168 valence electrons. The largest absolute Gasteiger partial charge is 0.355 e. The predicted octanol–water partition coefficient (Wildman–Crippen LogP) is 1.28. The molecule has 1 unspecified atom stereocenters. The number of carbonyl (C=O) groups is 1. The van der Waals surface area contributed by atoms with Crippen LogP contribution < -0.4 is 15.4 Å². The summed E-state index contributed by atoms with van der Waals surface area (Å²) in [6.45, 7) is 2.33. The standard InChI is InChI=1S/C19H35N5O3S.HI/c1-20-19(21-10-12-28(26,27)22-13-15-5-4-6-15)23-17-9-11-24(14-17)18(25)16-7-2-3-8-16;/h15-17,22H,2-14H2,1H3,(H2,20,21,23);1H. The van der Waals surface area contributed by atoms with Crippen LogP contribution in [0.15, 0.2) is 4.99 Å². The molecule has 0 spiro atoms. The molecule has 0 radical (unpaired) electrons. The molecule has 2 aliphatic carbocycles. The Morgan fingerprint density at radius 3 is 2.45 bits per heavy atom. The average molecular weight is 542 g/mol. The number of nitrogens with one attached hydrogen (secondary N) is 3. The SMILES string of the molecule is CN=C(NCCS(=O)(=O)NCC1CCC1)NC1CCN(C(=O)C2CCCC2)C1.I. The van der Waals surface area contributed by atoms with Gasteiger partial charge < -0.3 is 15.5 Å². The Bertz CT molecular complexity index is 663. The Morgan fingerprint density at radius 2 is 1.83 bits per heavy atom. The lowest BCUT2D eigenvalue weighted by Crippen LogP contribution is -2.47. The van der Waals surface area contributed by atoms with Gasteiger partial charge in [0.2, 0.25) is 15.9 Å². The second-order valence-corrected chi connectivity index (χ2v) is 10.3. The molecule has 29 heavy (non-hydrogen) atoms. The minimum Gasteiger partial charge on any atom is -0.355 e. The molecule has 0 bridgehead atoms. The highest BCUT2D eigenvalue weighted by molar-refractivity contribution is 14.0. The Hall–Kier alpha value is -0.620. The molecule has 3 N–H and O–H groups in total. The van der Waals surface area contributed by atoms with Crippen molar-refractivity contribution in [3.05, 3.63) is 0 Å². The molecule has 3 rings (SSSR count). The summed E-state index contributed by atoms with van der Waals surface area (Å²) in [6.07, 6.45) is 8.74. The van der Waals surface area contributed by atoms with Crippen LogP contribution in [-0.4, -0.2) is 70.2 Å². The molecule has 1 aliphatic heterocycles. The summed E-state index contributed by atoms with van der Waals surface area (Å²) in [5, 5.41) is 6.41. The van der Waals surface area contributed by atoms with Crippen LogP contribution >= 0.6 is 24.0 Å². The maximum Gasteiger partial charge on any atom is 0.225 e. The number of rotatable bonds is 8. The van der Waals surface area contributed by atoms with Crippen molar-refractivity contribution in [2.24, 2.45) is 16.8 Å². The van der Waals surface area contributed by atoms with Gasteiger partial charge in [0, 0.05) is 45.2 Å². The van der Waals surface area contributed by atoms with Crippen LogP contribution in [0.25, 0.3) is 0 Å². The van der Waals surface area contributed by atoms with E-state index in [1.807, 2.05) is 4.90 Å². The van der Waals surface area contributed by atoms with Crippen molar-refractivity contribution >= 4 is 45.9 Å². The highest BCUT2D eigenvalue weighted by Gasteiger charge is 2.32. The summed E-state index contributed by atoms with van der Waals surface area (Å²) in [4.78, 5) is 18.7. The molecule has 1 heterocycles. The fourth-order valence-electron chi connectivity index (χ4n) is 4.21. The second-order valence-electron chi connectivity index (χ2n) is 8.36. The van der Waals surface area contributed by atoms with Crippen LogP contribution in [0.2, 0.25) is 0 Å². The van der Waals surface area contributed by atoms with Gasteiger partial charge in [0.25, 0.3) is 0 Å². The van der Waals surface area contributed by atoms with Crippen LogP contribution in [0.3, 0.4) is 0 Å². The van der Waals surface area contributed by atoms with Gasteiger partial charge in [-0.05, 0) is 38.0 Å². The van der Waals surface area contributed by atoms with E-state index < -0.39 is 10.0 Å². The van der Waals surface area contributed by atoms with E-state index in [9.17, 15) is 13.2 Å². The van der Waals surface area contributed by atoms with Gasteiger partial charge in [-0.15, -0.1) is 24.0 Å². The third-order valence-corrected chi connectivity index (χ3v) is 7.60. The van der Waals surface area contributed by atoms with Crippen molar-refractivity contribution in [1.29, 1.82) is 0 Å². The number of aliphatic imine (C=N–C) groups is 1. The topological polar surface area (TPSA) is 103 Å². The van der Waals surface area contributed by atoms with Crippen LogP contribution in [0.5, 0.6) is 0 Å². The number of sulfonamides is 1. The maximum absolute atomic E-state index is 12.5. The van der Waals surface area contributed by atoms with E-state index in [1.165, 1.54) is 19.3 Å². The molecule has 8 nitrogen and oxygen atoms in total. The molecule has 3 fully saturated rings. The zero-order chi connectivity index (χ0) is 20.0. The number of hydrogen-bond acceptors (Lipinski definition) is 4. The van der Waals surface area contributed by atoms with Gasteiger partial charge in [-0.1, -0.05) is 19.3 Å². The third kappa shape index (κ3) is 7.54. The lowest BCUT2D eigenvalue weighted by Gasteiger charge is -2.25. The first-order valence-corrected chi connectivity index (χ1v) is 12.4. The summed E-state index contributed by atoms with van der Waals surface area (Å²) in [5.41, 5.74) is 0. The van der Waals surface area contributed by atoms with E-state index >= 15 is 0 Å². The lowest BCUT2D eigenvalue weighted by molar-refractivity contribution is -0.134. The Kier molecular flexibility index (Phi) is 9.93. The summed E-state index contributed by atoms with van der Waals surface area (Å²) in [6, 6.07) is 0.157. The highest BCUT2D eigenvalue weighted by Crippen LogP contribution is 2.28. The van der Waals surface area contributed by atoms with Crippen LogP contribution in [-0.2, 0) is 14.8 Å². The van der Waals surface area contributed by atoms with Crippen molar-refractivity contribution in [2.75, 3.05) is 39.0 Å². The molecular formula is C19H36IN5O3S. The molecule has 0 aromatic heterocycles. The van der Waals surface area contributed by atoms with Gasteiger partial charge in [0.15, 0.2) is 5.96 Å². The number of hydrogen-bond donors (Lipinski definition) is 3. The van der Waals surface area contributed by atoms with E-state index in [0.717, 1.165) is 38.6 Å². The monoisotopic (exact) mass is 541 g/mol. The Balaban J connectivity index is 0.00000300. The van der Waals surface area contributed by atoms with Crippen molar-refractivity contribution in [2.45, 2.75) is 57.4 Å². The van der Waals surface area contributed by atoms with Crippen molar-refractivity contribution in [3.8, 4) is 0 Å². The van der Waals surface area contributed by atoms with Gasteiger partial charge >= 0.3 is 0 Å². The van der Waals surface area contributed by atoms with Crippen molar-refractivity contribution in [3.63, 3.8) is 0 Å². The molecule has 2 saturated carbocycles. The lowest BCUT2D eigenvalue weighted by atomic mass is 9.86. The number of halogens is 1. The fourth-order valence-corrected chi connectivity index (χ4v) is 5.22. The second kappa shape index (κ2) is 11.7. The Labute approximate surface area is 192 Å². The van der Waals surface area contributed by atoms with Gasteiger partial charge in [-0.25, -0.2) is 13.1 Å². The zero-order valence-corrected chi connectivity index (χ0v) is 20.5. The van der Waals surface area contributed by atoms with Crippen molar-refractivity contribution < 1.29 is 13.2 Å². The predicted molar refractivity (Wildman–Crippen MR) is 126 cm³/mol. The van der Waals surface area contributed by atoms with E-state index in [4.69, 9.17) is 0 Å². The molecular weight excluding hydrogens is 505 g/mol. The van der Waals surface area contributed by atoms with Crippen LogP contribution in [0.4, 0.5) is 0 Å². The number of nitrogens with zero attached hydrogens (tertiary/aromatic N) is 2. The van der Waals surface area contributed by atoms with Crippen LogP contribution in [0.1, 0.15) is 51.4 Å². The van der Waals surface area contributed by atoms with Gasteiger partial charge in [-0.2, -0.15) is 0 Å². The summed E-state index contributed by atoms with van der Waals surface area (Å²) >= 11 is 0. The number of carbonyl (C=O) groups excluding carboxylic acids is 1. The molecule has 0 aromatic carbocycles. The molecule has 0 aromatic rings. The number of amides is 1. The third-order valence-electron chi connectivity index (χ3n) is 6.25. The molecule has 1 amide bonds.